The first kappa shape index (κ1) is 30.9. The van der Waals surface area contributed by atoms with Crippen LogP contribution in [0.1, 0.15) is 33.5 Å². The Morgan fingerprint density at radius 1 is 0.929 bits per heavy atom. The van der Waals surface area contributed by atoms with E-state index < -0.39 is 0 Å². The molecule has 1 aliphatic carbocycles. The molecule has 3 aromatic rings. The number of nitrogens with one attached hydrogen (secondary N) is 1. The number of nitrogens with zero attached hydrogens (tertiary/aromatic N) is 2. The molecule has 1 N–H and O–H groups in total. The van der Waals surface area contributed by atoms with Gasteiger partial charge in [-0.1, -0.05) is 35.3 Å². The van der Waals surface area contributed by atoms with Gasteiger partial charge in [0.2, 0.25) is 0 Å². The number of piperazine rings is 1. The molecular weight excluding hydrogens is 764 g/mol. The molecule has 3 aromatic carbocycles. The van der Waals surface area contributed by atoms with Gasteiger partial charge in [-0.3, -0.25) is 9.59 Å². The number of benzene rings is 3. The number of halogens is 2. The summed E-state index contributed by atoms with van der Waals surface area (Å²) in [6.45, 7) is 9.58. The second-order valence-corrected chi connectivity index (χ2v) is 13.3. The van der Waals surface area contributed by atoms with Crippen LogP contribution < -0.4 is 5.32 Å². The molecular formula is C33H32Cl2N3O3Pb. The van der Waals surface area contributed by atoms with Crippen LogP contribution in [0.15, 0.2) is 82.2 Å². The summed E-state index contributed by atoms with van der Waals surface area (Å²) < 4.78 is 7.51. The molecule has 0 atom stereocenters. The minimum absolute atomic E-state index is 0.171. The maximum atomic E-state index is 13.2. The Bertz CT molecular complexity index is 1530. The van der Waals surface area contributed by atoms with Gasteiger partial charge in [-0.05, 0) is 30.3 Å². The van der Waals surface area contributed by atoms with Crippen molar-refractivity contribution in [2.75, 3.05) is 51.2 Å². The van der Waals surface area contributed by atoms with Crippen molar-refractivity contribution in [3.8, 4) is 0 Å². The van der Waals surface area contributed by atoms with Crippen molar-refractivity contribution >= 4 is 71.9 Å². The van der Waals surface area contributed by atoms with Crippen LogP contribution in [0.2, 0.25) is 10.0 Å². The zero-order valence-electron chi connectivity index (χ0n) is 23.3. The summed E-state index contributed by atoms with van der Waals surface area (Å²) in [6.07, 6.45) is 1.80. The predicted molar refractivity (Wildman–Crippen MR) is 170 cm³/mol. The van der Waals surface area contributed by atoms with Crippen LogP contribution >= 0.6 is 23.2 Å². The third kappa shape index (κ3) is 7.52. The molecule has 3 radical (unpaired) electrons. The van der Waals surface area contributed by atoms with E-state index in [1.165, 1.54) is 14.3 Å². The third-order valence-electron chi connectivity index (χ3n) is 7.62. The quantitative estimate of drug-likeness (QED) is 0.159. The molecule has 9 heteroatoms. The van der Waals surface area contributed by atoms with E-state index in [4.69, 9.17) is 27.9 Å². The molecule has 215 valence electrons. The van der Waals surface area contributed by atoms with E-state index in [-0.39, 0.29) is 18.2 Å². The normalized spacial score (nSPS) is 15.8. The van der Waals surface area contributed by atoms with Gasteiger partial charge >= 0.3 is 161 Å². The van der Waals surface area contributed by atoms with Crippen molar-refractivity contribution < 1.29 is 14.3 Å². The van der Waals surface area contributed by atoms with E-state index in [0.717, 1.165) is 82.7 Å². The Hall–Kier alpha value is -2.50. The molecule has 42 heavy (non-hydrogen) atoms. The van der Waals surface area contributed by atoms with Crippen molar-refractivity contribution in [1.29, 1.82) is 0 Å². The summed E-state index contributed by atoms with van der Waals surface area (Å²) in [6, 6.07) is 20.2. The zero-order valence-corrected chi connectivity index (χ0v) is 28.7. The minimum atomic E-state index is -0.289. The van der Waals surface area contributed by atoms with Crippen LogP contribution in [0, 0.1) is 0 Å². The van der Waals surface area contributed by atoms with Crippen LogP contribution in [0.3, 0.4) is 0 Å². The van der Waals surface area contributed by atoms with Gasteiger partial charge in [0.15, 0.2) is 5.78 Å². The molecule has 0 aromatic heterocycles. The van der Waals surface area contributed by atoms with Gasteiger partial charge in [0, 0.05) is 16.1 Å². The van der Waals surface area contributed by atoms with Crippen molar-refractivity contribution in [3.05, 3.63) is 114 Å². The Morgan fingerprint density at radius 3 is 2.43 bits per heavy atom. The number of ketones is 1. The average Bonchev–Trinajstić information content (AvgIpc) is 2.99. The van der Waals surface area contributed by atoms with Crippen molar-refractivity contribution in [3.63, 3.8) is 0 Å². The predicted octanol–water partition coefficient (Wildman–Crippen LogP) is 5.84. The number of allylic oxidation sites excluding steroid dienone is 3. The Balaban J connectivity index is 1.07. The Labute approximate surface area is 273 Å². The zero-order chi connectivity index (χ0) is 29.6. The van der Waals surface area contributed by atoms with Crippen molar-refractivity contribution in [2.45, 2.75) is 12.8 Å². The van der Waals surface area contributed by atoms with E-state index in [1.807, 2.05) is 0 Å². The summed E-state index contributed by atoms with van der Waals surface area (Å²) in [4.78, 5) is 30.7. The van der Waals surface area contributed by atoms with E-state index in [0.29, 0.717) is 33.5 Å². The summed E-state index contributed by atoms with van der Waals surface area (Å²) in [5.41, 5.74) is 4.74. The van der Waals surface area contributed by atoms with Gasteiger partial charge in [0.05, 0.1) is 10.7 Å². The molecule has 2 aliphatic rings. The number of anilines is 1. The molecule has 0 saturated carbocycles. The number of carbonyl (C=O) groups excluding carboxylic acids is 2. The number of fused-ring (bicyclic) bond motifs is 1. The fourth-order valence-electron chi connectivity index (χ4n) is 5.31. The standard InChI is InChI=1S/C33H32Cl2N3O3.Pb/c1-23-19-26(20-24-7-2-3-8-27(23)24)41-18-6-13-37-14-16-38(17-15-37)22-32(39)36-31-12-11-25(34)21-29(31)33(40)28-9-4-5-10-30(28)35;/h2-5,7-12,21H,1,6,13-18,20,22H2,(H,36,39);. The monoisotopic (exact) mass is 796 g/mol. The van der Waals surface area contributed by atoms with E-state index in [9.17, 15) is 9.59 Å². The fraction of sp³-hybridized carbons (Fsp3) is 0.273. The molecule has 1 aliphatic heterocycles. The van der Waals surface area contributed by atoms with Gasteiger partial charge < -0.3 is 5.32 Å². The number of rotatable bonds is 10. The second kappa shape index (κ2) is 14.3. The van der Waals surface area contributed by atoms with Crippen LogP contribution in [0.4, 0.5) is 5.69 Å². The first-order valence-electron chi connectivity index (χ1n) is 14.0. The molecule has 5 rings (SSSR count). The van der Waals surface area contributed by atoms with Crippen LogP contribution in [-0.4, -0.2) is 93.1 Å². The third-order valence-corrected chi connectivity index (χ3v) is 10.4. The molecule has 1 fully saturated rings. The average molecular weight is 797 g/mol. The summed E-state index contributed by atoms with van der Waals surface area (Å²) in [5.74, 6) is 0.622. The molecule has 1 heterocycles. The van der Waals surface area contributed by atoms with Crippen LogP contribution in [0.5, 0.6) is 0 Å². The molecule has 6 nitrogen and oxygen atoms in total. The molecule has 0 unspecified atom stereocenters. The SMILES string of the molecule is C=C1[C]([Pb])=C(OCCCN2CCN(CC(=O)Nc3ccc(Cl)cc3C(=O)c3ccccc3Cl)CC2)Cc2ccccc21. The fourth-order valence-corrected chi connectivity index (χ4v) is 6.85. The molecule has 1 saturated heterocycles. The Kier molecular flexibility index (Phi) is 10.5. The summed E-state index contributed by atoms with van der Waals surface area (Å²) >= 11 is 13.4. The first-order chi connectivity index (χ1) is 20.3. The van der Waals surface area contributed by atoms with Crippen LogP contribution in [0.25, 0.3) is 5.57 Å². The first-order valence-corrected chi connectivity index (χ1v) is 16.7. The second-order valence-electron chi connectivity index (χ2n) is 10.5. The number of amides is 1. The topological polar surface area (TPSA) is 61.9 Å². The van der Waals surface area contributed by atoms with Crippen molar-refractivity contribution in [2.24, 2.45) is 0 Å². The van der Waals surface area contributed by atoms with E-state index >= 15 is 0 Å². The van der Waals surface area contributed by atoms with Gasteiger partial charge in [0.1, 0.15) is 0 Å². The molecule has 0 spiro atoms. The Morgan fingerprint density at radius 2 is 1.64 bits per heavy atom. The van der Waals surface area contributed by atoms with Gasteiger partial charge in [-0.25, -0.2) is 0 Å². The molecule has 1 amide bonds. The van der Waals surface area contributed by atoms with Gasteiger partial charge in [-0.2, -0.15) is 0 Å². The van der Waals surface area contributed by atoms with Gasteiger partial charge in [-0.15, -0.1) is 0 Å². The van der Waals surface area contributed by atoms with Crippen molar-refractivity contribution in [1.82, 2.24) is 9.80 Å². The van der Waals surface area contributed by atoms with Crippen LogP contribution in [-0.2, 0) is 16.0 Å². The van der Waals surface area contributed by atoms with E-state index in [2.05, 4.69) is 46.0 Å². The number of ether oxygens (including phenoxy) is 1. The number of hydrogen-bond acceptors (Lipinski definition) is 5. The summed E-state index contributed by atoms with van der Waals surface area (Å²) in [7, 11) is 0. The molecule has 0 bridgehead atoms. The van der Waals surface area contributed by atoms with Gasteiger partial charge in [0.25, 0.3) is 0 Å². The summed E-state index contributed by atoms with van der Waals surface area (Å²) in [5, 5.41) is 3.67. The van der Waals surface area contributed by atoms with E-state index in [1.54, 1.807) is 42.5 Å². The number of hydrogen-bond donors (Lipinski definition) is 1. The maximum absolute atomic E-state index is 13.2. The number of carbonyl (C=O) groups is 2.